The molecule has 2 atom stereocenters. The molecule has 0 spiro atoms. The second-order valence-corrected chi connectivity index (χ2v) is 8.79. The molecule has 1 aliphatic carbocycles. The smallest absolute Gasteiger partial charge is 0.0465 e. The topological polar surface area (TPSA) is 15.8 Å². The van der Waals surface area contributed by atoms with Gasteiger partial charge in [0.1, 0.15) is 0 Å². The van der Waals surface area contributed by atoms with Crippen LogP contribution in [-0.2, 0) is 0 Å². The minimum Gasteiger partial charge on any atom is -0.355 e. The molecule has 1 aliphatic rings. The Balaban J connectivity index is 1.61. The van der Waals surface area contributed by atoms with Gasteiger partial charge in [0.2, 0.25) is 0 Å². The van der Waals surface area contributed by atoms with Crippen molar-refractivity contribution in [1.29, 1.82) is 0 Å². The third-order valence-corrected chi connectivity index (χ3v) is 6.85. The van der Waals surface area contributed by atoms with Crippen LogP contribution in [0.15, 0.2) is 97.1 Å². The molecule has 0 radical (unpaired) electrons. The molecule has 150 valence electrons. The molecule has 4 aromatic carbocycles. The van der Waals surface area contributed by atoms with Crippen LogP contribution in [0.3, 0.4) is 0 Å². The summed E-state index contributed by atoms with van der Waals surface area (Å²) in [5.41, 5.74) is 7.79. The van der Waals surface area contributed by atoms with E-state index in [4.69, 9.17) is 0 Å². The van der Waals surface area contributed by atoms with E-state index in [9.17, 15) is 0 Å². The summed E-state index contributed by atoms with van der Waals surface area (Å²) in [5, 5.41) is 5.27. The zero-order valence-corrected chi connectivity index (χ0v) is 17.9. The molecular weight excluding hydrogens is 374 g/mol. The van der Waals surface area contributed by atoms with E-state index in [1.807, 2.05) is 0 Å². The number of aryl methyl sites for hydroxylation is 1. The third kappa shape index (κ3) is 2.84. The summed E-state index contributed by atoms with van der Waals surface area (Å²) < 4.78 is 0. The highest BCUT2D eigenvalue weighted by Crippen LogP contribution is 2.41. The molecule has 0 amide bonds. The number of para-hydroxylation sites is 1. The molecule has 0 saturated carbocycles. The second-order valence-electron chi connectivity index (χ2n) is 8.79. The highest BCUT2D eigenvalue weighted by molar-refractivity contribution is 6.10. The van der Waals surface area contributed by atoms with Crippen molar-refractivity contribution in [3.8, 4) is 11.1 Å². The van der Waals surface area contributed by atoms with E-state index in [0.717, 1.165) is 0 Å². The number of aromatic nitrogens is 1. The highest BCUT2D eigenvalue weighted by Gasteiger charge is 2.22. The first-order valence-corrected chi connectivity index (χ1v) is 11.1. The summed E-state index contributed by atoms with van der Waals surface area (Å²) in [5.74, 6) is 0.917. The first-order valence-electron chi connectivity index (χ1n) is 11.1. The lowest BCUT2D eigenvalue weighted by atomic mass is 9.78. The fourth-order valence-electron chi connectivity index (χ4n) is 5.31. The van der Waals surface area contributed by atoms with Crippen molar-refractivity contribution in [2.45, 2.75) is 19.8 Å². The van der Waals surface area contributed by atoms with Crippen molar-refractivity contribution in [3.63, 3.8) is 0 Å². The van der Waals surface area contributed by atoms with E-state index in [-0.39, 0.29) is 0 Å². The van der Waals surface area contributed by atoms with Crippen molar-refractivity contribution < 1.29 is 0 Å². The van der Waals surface area contributed by atoms with Gasteiger partial charge in [0.05, 0.1) is 0 Å². The zero-order valence-electron chi connectivity index (χ0n) is 17.9. The number of allylic oxidation sites excluding steroid dienone is 4. The molecule has 0 aliphatic heterocycles. The Bertz CT molecular complexity index is 1510. The van der Waals surface area contributed by atoms with Crippen LogP contribution < -0.4 is 0 Å². The minimum absolute atomic E-state index is 0.417. The average Bonchev–Trinajstić information content (AvgIpc) is 3.17. The first kappa shape index (κ1) is 18.2. The van der Waals surface area contributed by atoms with Crippen LogP contribution in [0.5, 0.6) is 0 Å². The Kier molecular flexibility index (Phi) is 4.11. The summed E-state index contributed by atoms with van der Waals surface area (Å²) in [6, 6.07) is 26.7. The molecule has 1 nitrogen and oxygen atoms in total. The van der Waals surface area contributed by atoms with E-state index in [2.05, 4.69) is 116 Å². The number of H-pyrrole nitrogens is 1. The predicted molar refractivity (Wildman–Crippen MR) is 134 cm³/mol. The standard InChI is InChI=1S/C30H25N/c1-19-9-3-4-10-22(19)30-20(2)17-26(23-11-5-6-13-25(23)30)21-15-16-29-27(18-21)24-12-7-8-14-28(24)31-29/h3-19,22,31H,1-2H3. The lowest BCUT2D eigenvalue weighted by Crippen LogP contribution is -2.10. The van der Waals surface area contributed by atoms with Gasteiger partial charge in [-0.05, 0) is 64.1 Å². The maximum absolute atomic E-state index is 3.55. The van der Waals surface area contributed by atoms with E-state index >= 15 is 0 Å². The van der Waals surface area contributed by atoms with Crippen LogP contribution in [-0.4, -0.2) is 4.98 Å². The van der Waals surface area contributed by atoms with Crippen LogP contribution in [0.2, 0.25) is 0 Å². The maximum atomic E-state index is 3.55. The molecule has 0 saturated heterocycles. The van der Waals surface area contributed by atoms with Gasteiger partial charge < -0.3 is 4.98 Å². The van der Waals surface area contributed by atoms with Gasteiger partial charge in [0.15, 0.2) is 0 Å². The number of aromatic amines is 1. The molecule has 1 heterocycles. The van der Waals surface area contributed by atoms with Crippen LogP contribution in [0.1, 0.15) is 24.0 Å². The van der Waals surface area contributed by atoms with E-state index < -0.39 is 0 Å². The zero-order chi connectivity index (χ0) is 20.9. The number of hydrogen-bond acceptors (Lipinski definition) is 0. The fourth-order valence-corrected chi connectivity index (χ4v) is 5.31. The molecule has 31 heavy (non-hydrogen) atoms. The maximum Gasteiger partial charge on any atom is 0.0465 e. The molecule has 0 fully saturated rings. The molecular formula is C30H25N. The molecule has 0 bridgehead atoms. The molecule has 6 rings (SSSR count). The molecule has 1 heteroatoms. The van der Waals surface area contributed by atoms with Crippen LogP contribution in [0, 0.1) is 12.8 Å². The van der Waals surface area contributed by atoms with Crippen molar-refractivity contribution in [1.82, 2.24) is 4.98 Å². The predicted octanol–water partition coefficient (Wildman–Crippen LogP) is 8.30. The summed E-state index contributed by atoms with van der Waals surface area (Å²) in [6.07, 6.45) is 9.04. The monoisotopic (exact) mass is 399 g/mol. The minimum atomic E-state index is 0.417. The molecule has 5 aromatic rings. The van der Waals surface area contributed by atoms with Gasteiger partial charge in [-0.2, -0.15) is 0 Å². The second kappa shape index (κ2) is 6.99. The summed E-state index contributed by atoms with van der Waals surface area (Å²) in [7, 11) is 0. The summed E-state index contributed by atoms with van der Waals surface area (Å²) in [4.78, 5) is 3.55. The van der Waals surface area contributed by atoms with Crippen LogP contribution in [0.4, 0.5) is 0 Å². The Labute approximate surface area is 182 Å². The molecule has 2 unspecified atom stereocenters. The normalized spacial score (nSPS) is 18.4. The lowest BCUT2D eigenvalue weighted by Gasteiger charge is -2.25. The van der Waals surface area contributed by atoms with E-state index in [0.29, 0.717) is 11.8 Å². The van der Waals surface area contributed by atoms with Crippen molar-refractivity contribution in [2.75, 3.05) is 0 Å². The van der Waals surface area contributed by atoms with E-state index in [1.54, 1.807) is 0 Å². The first-order chi connectivity index (χ1) is 15.2. The van der Waals surface area contributed by atoms with E-state index in [1.165, 1.54) is 54.8 Å². The highest BCUT2D eigenvalue weighted by atomic mass is 14.7. The molecule has 1 aromatic heterocycles. The molecule has 1 N–H and O–H groups in total. The number of rotatable bonds is 2. The van der Waals surface area contributed by atoms with Crippen molar-refractivity contribution in [3.05, 3.63) is 108 Å². The Morgan fingerprint density at radius 2 is 1.39 bits per heavy atom. The Morgan fingerprint density at radius 1 is 0.677 bits per heavy atom. The van der Waals surface area contributed by atoms with Gasteiger partial charge in [0, 0.05) is 27.7 Å². The summed E-state index contributed by atoms with van der Waals surface area (Å²) in [6.45, 7) is 4.59. The lowest BCUT2D eigenvalue weighted by molar-refractivity contribution is 0.636. The quantitative estimate of drug-likeness (QED) is 0.307. The van der Waals surface area contributed by atoms with Gasteiger partial charge in [-0.15, -0.1) is 0 Å². The van der Waals surface area contributed by atoms with Crippen molar-refractivity contribution >= 4 is 32.6 Å². The fraction of sp³-hybridized carbons (Fsp3) is 0.133. The number of fused-ring (bicyclic) bond motifs is 4. The van der Waals surface area contributed by atoms with Gasteiger partial charge in [-0.3, -0.25) is 0 Å². The summed E-state index contributed by atoms with van der Waals surface area (Å²) >= 11 is 0. The number of hydrogen-bond donors (Lipinski definition) is 1. The number of nitrogens with one attached hydrogen (secondary N) is 1. The average molecular weight is 400 g/mol. The number of benzene rings is 4. The largest absolute Gasteiger partial charge is 0.355 e. The van der Waals surface area contributed by atoms with Gasteiger partial charge in [-0.1, -0.05) is 85.8 Å². The van der Waals surface area contributed by atoms with Gasteiger partial charge >= 0.3 is 0 Å². The van der Waals surface area contributed by atoms with Crippen LogP contribution in [0.25, 0.3) is 43.7 Å². The van der Waals surface area contributed by atoms with Crippen LogP contribution >= 0.6 is 0 Å². The Hall–Kier alpha value is -3.58. The Morgan fingerprint density at radius 3 is 2.23 bits per heavy atom. The van der Waals surface area contributed by atoms with Gasteiger partial charge in [-0.25, -0.2) is 0 Å². The van der Waals surface area contributed by atoms with Crippen molar-refractivity contribution in [2.24, 2.45) is 5.92 Å². The SMILES string of the molecule is Cc1cc(-c2ccc3[nH]c4ccccc4c3c2)c2ccccc2c1C1C=CC=CC1C. The van der Waals surface area contributed by atoms with Gasteiger partial charge in [0.25, 0.3) is 0 Å². The third-order valence-electron chi connectivity index (χ3n) is 6.85.